The molecule has 0 aromatic carbocycles. The summed E-state index contributed by atoms with van der Waals surface area (Å²) in [5, 5.41) is 7.06. The molecule has 3 atom stereocenters. The molecule has 2 fully saturated rings. The van der Waals surface area contributed by atoms with Crippen molar-refractivity contribution in [2.24, 2.45) is 22.7 Å². The van der Waals surface area contributed by atoms with Crippen LogP contribution in [0.4, 0.5) is 0 Å². The monoisotopic (exact) mass is 294 g/mol. The molecule has 1 saturated carbocycles. The first kappa shape index (κ1) is 16.6. The van der Waals surface area contributed by atoms with Crippen molar-refractivity contribution in [3.8, 4) is 0 Å². The highest BCUT2D eigenvalue weighted by atomic mass is 15.2. The van der Waals surface area contributed by atoms with Crippen LogP contribution in [0.3, 0.4) is 0 Å². The number of guanidine groups is 1. The maximum Gasteiger partial charge on any atom is 0.191 e. The molecule has 1 heterocycles. The van der Waals surface area contributed by atoms with E-state index in [1.807, 2.05) is 7.05 Å². The lowest BCUT2D eigenvalue weighted by Crippen LogP contribution is -2.51. The van der Waals surface area contributed by atoms with Gasteiger partial charge in [0, 0.05) is 25.7 Å². The van der Waals surface area contributed by atoms with E-state index in [2.05, 4.69) is 48.2 Å². The van der Waals surface area contributed by atoms with E-state index in [1.54, 1.807) is 0 Å². The lowest BCUT2D eigenvalue weighted by Gasteiger charge is -2.39. The fourth-order valence-electron chi connectivity index (χ4n) is 3.24. The molecule has 4 heteroatoms. The van der Waals surface area contributed by atoms with Crippen molar-refractivity contribution in [2.45, 2.75) is 59.0 Å². The van der Waals surface area contributed by atoms with Gasteiger partial charge in [-0.3, -0.25) is 9.89 Å². The quantitative estimate of drug-likeness (QED) is 0.604. The van der Waals surface area contributed by atoms with E-state index in [0.717, 1.165) is 24.3 Å². The number of nitrogens with one attached hydrogen (secondary N) is 2. The Kier molecular flexibility index (Phi) is 5.91. The third-order valence-electron chi connectivity index (χ3n) is 5.19. The van der Waals surface area contributed by atoms with Crippen LogP contribution >= 0.6 is 0 Å². The van der Waals surface area contributed by atoms with E-state index >= 15 is 0 Å². The summed E-state index contributed by atoms with van der Waals surface area (Å²) < 4.78 is 0. The minimum atomic E-state index is 0.604. The highest BCUT2D eigenvalue weighted by molar-refractivity contribution is 5.80. The number of piperidine rings is 1. The van der Waals surface area contributed by atoms with Crippen molar-refractivity contribution in [1.29, 1.82) is 0 Å². The molecule has 122 valence electrons. The molecule has 2 rings (SSSR count). The Bertz CT molecular complexity index is 345. The predicted molar refractivity (Wildman–Crippen MR) is 90.7 cm³/mol. The molecule has 21 heavy (non-hydrogen) atoms. The average molecular weight is 294 g/mol. The number of hydrogen-bond acceptors (Lipinski definition) is 2. The first-order valence-corrected chi connectivity index (χ1v) is 8.72. The number of aliphatic imine (C=N–C) groups is 1. The maximum absolute atomic E-state index is 4.37. The van der Waals surface area contributed by atoms with Crippen LogP contribution in [0.5, 0.6) is 0 Å². The van der Waals surface area contributed by atoms with Gasteiger partial charge in [-0.25, -0.2) is 0 Å². The Balaban J connectivity index is 1.81. The fraction of sp³-hybridized carbons (Fsp3) is 0.941. The molecular weight excluding hydrogens is 260 g/mol. The molecule has 0 aromatic heterocycles. The van der Waals surface area contributed by atoms with Crippen molar-refractivity contribution in [3.63, 3.8) is 0 Å². The van der Waals surface area contributed by atoms with Crippen LogP contribution in [-0.2, 0) is 0 Å². The van der Waals surface area contributed by atoms with Crippen LogP contribution in [0.25, 0.3) is 0 Å². The Morgan fingerprint density at radius 1 is 1.24 bits per heavy atom. The van der Waals surface area contributed by atoms with Gasteiger partial charge in [-0.2, -0.15) is 0 Å². The Hall–Kier alpha value is -0.770. The summed E-state index contributed by atoms with van der Waals surface area (Å²) in [5.74, 6) is 3.34. The van der Waals surface area contributed by atoms with Gasteiger partial charge in [-0.15, -0.1) is 0 Å². The third-order valence-corrected chi connectivity index (χ3v) is 5.19. The van der Waals surface area contributed by atoms with E-state index in [4.69, 9.17) is 0 Å². The Labute approximate surface area is 130 Å². The number of likely N-dealkylation sites (tertiary alicyclic amines) is 1. The lowest BCUT2D eigenvalue weighted by atomic mass is 9.94. The summed E-state index contributed by atoms with van der Waals surface area (Å²) in [5.41, 5.74) is 0. The van der Waals surface area contributed by atoms with Crippen molar-refractivity contribution in [3.05, 3.63) is 0 Å². The van der Waals surface area contributed by atoms with Crippen molar-refractivity contribution < 1.29 is 0 Å². The molecule has 2 aliphatic rings. The highest BCUT2D eigenvalue weighted by Gasteiger charge is 2.33. The minimum absolute atomic E-state index is 0.604. The SMILES string of the molecule is CN=C(NCC(C(C)C)N1CCC(C)CC1)NC1CC1C. The van der Waals surface area contributed by atoms with Crippen LogP contribution < -0.4 is 10.6 Å². The van der Waals surface area contributed by atoms with Crippen LogP contribution in [0, 0.1) is 17.8 Å². The Morgan fingerprint density at radius 2 is 1.86 bits per heavy atom. The second-order valence-corrected chi connectivity index (χ2v) is 7.45. The molecule has 2 N–H and O–H groups in total. The van der Waals surface area contributed by atoms with Crippen LogP contribution in [-0.4, -0.2) is 49.6 Å². The largest absolute Gasteiger partial charge is 0.355 e. The van der Waals surface area contributed by atoms with Gasteiger partial charge >= 0.3 is 0 Å². The van der Waals surface area contributed by atoms with E-state index in [-0.39, 0.29) is 0 Å². The van der Waals surface area contributed by atoms with Gasteiger partial charge in [0.25, 0.3) is 0 Å². The standard InChI is InChI=1S/C17H34N4/c1-12(2)16(21-8-6-13(3)7-9-21)11-19-17(18-5)20-15-10-14(15)4/h12-16H,6-11H2,1-5H3,(H2,18,19,20). The number of nitrogens with zero attached hydrogens (tertiary/aromatic N) is 2. The van der Waals surface area contributed by atoms with Gasteiger partial charge in [0.05, 0.1) is 0 Å². The average Bonchev–Trinajstić information content (AvgIpc) is 3.14. The number of hydrogen-bond donors (Lipinski definition) is 2. The second-order valence-electron chi connectivity index (χ2n) is 7.45. The first-order chi connectivity index (χ1) is 10.0. The van der Waals surface area contributed by atoms with Crippen molar-refractivity contribution in [1.82, 2.24) is 15.5 Å². The molecule has 3 unspecified atom stereocenters. The molecule has 4 nitrogen and oxygen atoms in total. The van der Waals surface area contributed by atoms with E-state index in [0.29, 0.717) is 18.0 Å². The highest BCUT2D eigenvalue weighted by Crippen LogP contribution is 2.28. The molecule has 0 bridgehead atoms. The van der Waals surface area contributed by atoms with Crippen LogP contribution in [0.2, 0.25) is 0 Å². The predicted octanol–water partition coefficient (Wildman–Crippen LogP) is 2.32. The van der Waals surface area contributed by atoms with E-state index in [1.165, 1.54) is 32.4 Å². The molecule has 1 aliphatic carbocycles. The summed E-state index contributed by atoms with van der Waals surface area (Å²) in [7, 11) is 1.87. The lowest BCUT2D eigenvalue weighted by molar-refractivity contribution is 0.110. The third kappa shape index (κ3) is 4.87. The van der Waals surface area contributed by atoms with Gasteiger partial charge in [0.15, 0.2) is 5.96 Å². The molecule has 0 spiro atoms. The zero-order valence-corrected chi connectivity index (χ0v) is 14.5. The first-order valence-electron chi connectivity index (χ1n) is 8.72. The second kappa shape index (κ2) is 7.48. The smallest absolute Gasteiger partial charge is 0.191 e. The summed E-state index contributed by atoms with van der Waals surface area (Å²) in [4.78, 5) is 7.04. The van der Waals surface area contributed by atoms with Gasteiger partial charge in [-0.05, 0) is 50.1 Å². The normalized spacial score (nSPS) is 29.5. The topological polar surface area (TPSA) is 39.7 Å². The molecule has 1 aliphatic heterocycles. The summed E-state index contributed by atoms with van der Waals surface area (Å²) >= 11 is 0. The van der Waals surface area contributed by atoms with E-state index < -0.39 is 0 Å². The summed E-state index contributed by atoms with van der Waals surface area (Å²) in [6, 6.07) is 1.23. The number of rotatable bonds is 5. The maximum atomic E-state index is 4.37. The zero-order valence-electron chi connectivity index (χ0n) is 14.5. The van der Waals surface area contributed by atoms with Crippen LogP contribution in [0.15, 0.2) is 4.99 Å². The van der Waals surface area contributed by atoms with E-state index in [9.17, 15) is 0 Å². The molecule has 0 aromatic rings. The molecule has 1 saturated heterocycles. The molecule has 0 radical (unpaired) electrons. The van der Waals surface area contributed by atoms with Gasteiger partial charge in [0.2, 0.25) is 0 Å². The Morgan fingerprint density at radius 3 is 2.33 bits per heavy atom. The minimum Gasteiger partial charge on any atom is -0.355 e. The molecule has 0 amide bonds. The van der Waals surface area contributed by atoms with Crippen molar-refractivity contribution in [2.75, 3.05) is 26.7 Å². The van der Waals surface area contributed by atoms with Crippen molar-refractivity contribution >= 4 is 5.96 Å². The summed E-state index contributed by atoms with van der Waals surface area (Å²) in [6.45, 7) is 12.8. The van der Waals surface area contributed by atoms with Gasteiger partial charge < -0.3 is 10.6 Å². The van der Waals surface area contributed by atoms with Crippen LogP contribution in [0.1, 0.15) is 47.0 Å². The summed E-state index contributed by atoms with van der Waals surface area (Å²) in [6.07, 6.45) is 3.96. The molecular formula is C17H34N4. The fourth-order valence-corrected chi connectivity index (χ4v) is 3.24. The zero-order chi connectivity index (χ0) is 15.4. The van der Waals surface area contributed by atoms with Gasteiger partial charge in [0.1, 0.15) is 0 Å². The van der Waals surface area contributed by atoms with Gasteiger partial charge in [-0.1, -0.05) is 27.7 Å².